The van der Waals surface area contributed by atoms with Gasteiger partial charge in [0.25, 0.3) is 0 Å². The first-order valence-corrected chi connectivity index (χ1v) is 12.3. The van der Waals surface area contributed by atoms with Gasteiger partial charge in [0.15, 0.2) is 0 Å². The molecule has 0 saturated carbocycles. The zero-order valence-electron chi connectivity index (χ0n) is 17.5. The van der Waals surface area contributed by atoms with Crippen LogP contribution < -0.4 is 5.32 Å². The van der Waals surface area contributed by atoms with E-state index in [-0.39, 0.29) is 11.9 Å². The van der Waals surface area contributed by atoms with Crippen molar-refractivity contribution in [2.45, 2.75) is 44.7 Å². The lowest BCUT2D eigenvalue weighted by Gasteiger charge is -2.38. The molecule has 29 heavy (non-hydrogen) atoms. The summed E-state index contributed by atoms with van der Waals surface area (Å²) in [6.45, 7) is 5.90. The van der Waals surface area contributed by atoms with Gasteiger partial charge in [-0.05, 0) is 37.3 Å². The molecule has 3 rings (SSSR count). The molecule has 2 aliphatic rings. The Balaban J connectivity index is 1.56. The number of amides is 1. The van der Waals surface area contributed by atoms with Gasteiger partial charge in [-0.15, -0.1) is 0 Å². The van der Waals surface area contributed by atoms with Gasteiger partial charge in [0.05, 0.1) is 12.7 Å². The van der Waals surface area contributed by atoms with Gasteiger partial charge in [-0.1, -0.05) is 24.3 Å². The number of ether oxygens (including phenoxy) is 1. The maximum atomic E-state index is 12.4. The second-order valence-electron chi connectivity index (χ2n) is 8.10. The van der Waals surface area contributed by atoms with E-state index in [9.17, 15) is 13.2 Å². The number of carbonyl (C=O) groups is 1. The van der Waals surface area contributed by atoms with E-state index in [0.29, 0.717) is 32.1 Å². The van der Waals surface area contributed by atoms with E-state index in [1.54, 1.807) is 4.31 Å². The summed E-state index contributed by atoms with van der Waals surface area (Å²) in [5.74, 6) is 0.0235. The van der Waals surface area contributed by atoms with Gasteiger partial charge < -0.3 is 10.1 Å². The molecular weight excluding hydrogens is 390 g/mol. The third kappa shape index (κ3) is 6.25. The summed E-state index contributed by atoms with van der Waals surface area (Å²) in [6, 6.07) is 8.51. The normalized spacial score (nSPS) is 21.6. The minimum absolute atomic E-state index is 0.0235. The molecule has 2 saturated heterocycles. The molecular formula is C21H33N3O4S. The van der Waals surface area contributed by atoms with Crippen LogP contribution in [0.4, 0.5) is 0 Å². The van der Waals surface area contributed by atoms with Gasteiger partial charge in [-0.2, -0.15) is 0 Å². The molecule has 7 nitrogen and oxygen atoms in total. The second-order valence-corrected chi connectivity index (χ2v) is 10.1. The Bertz CT molecular complexity index is 793. The monoisotopic (exact) mass is 423 g/mol. The molecule has 0 aromatic heterocycles. The predicted molar refractivity (Wildman–Crippen MR) is 113 cm³/mol. The van der Waals surface area contributed by atoms with Crippen molar-refractivity contribution >= 4 is 15.9 Å². The quantitative estimate of drug-likeness (QED) is 0.679. The van der Waals surface area contributed by atoms with E-state index in [2.05, 4.69) is 10.2 Å². The standard InChI is InChI=1S/C21H33N3O4S/c1-17-5-3-4-6-18(17)15-21(25)22-10-12-24(19-8-13-28-14-9-19)20-7-11-23(16-20)29(2,26)27/h3-6,19-20H,7-16H2,1-2H3,(H,22,25). The lowest BCUT2D eigenvalue weighted by atomic mass is 10.0. The van der Waals surface area contributed by atoms with Crippen LogP contribution >= 0.6 is 0 Å². The zero-order valence-corrected chi connectivity index (χ0v) is 18.3. The van der Waals surface area contributed by atoms with Gasteiger partial charge in [0.2, 0.25) is 15.9 Å². The smallest absolute Gasteiger partial charge is 0.224 e. The Hall–Kier alpha value is -1.48. The van der Waals surface area contributed by atoms with Gasteiger partial charge >= 0.3 is 0 Å². The molecule has 2 fully saturated rings. The maximum Gasteiger partial charge on any atom is 0.224 e. The molecule has 1 aromatic carbocycles. The van der Waals surface area contributed by atoms with Gasteiger partial charge in [0, 0.05) is 51.5 Å². The highest BCUT2D eigenvalue weighted by Crippen LogP contribution is 2.24. The summed E-state index contributed by atoms with van der Waals surface area (Å²) >= 11 is 0. The molecule has 2 aliphatic heterocycles. The Morgan fingerprint density at radius 3 is 2.59 bits per heavy atom. The number of hydrogen-bond donors (Lipinski definition) is 1. The number of carbonyl (C=O) groups excluding carboxylic acids is 1. The molecule has 0 radical (unpaired) electrons. The zero-order chi connectivity index (χ0) is 20.9. The van der Waals surface area contributed by atoms with Crippen molar-refractivity contribution in [2.24, 2.45) is 0 Å². The first kappa shape index (κ1) is 22.2. The third-order valence-corrected chi connectivity index (χ3v) is 7.30. The van der Waals surface area contributed by atoms with Crippen LogP contribution in [-0.2, 0) is 26.0 Å². The van der Waals surface area contributed by atoms with Crippen molar-refractivity contribution in [1.29, 1.82) is 0 Å². The van der Waals surface area contributed by atoms with E-state index in [1.807, 2.05) is 31.2 Å². The van der Waals surface area contributed by atoms with Crippen molar-refractivity contribution in [1.82, 2.24) is 14.5 Å². The summed E-state index contributed by atoms with van der Waals surface area (Å²) in [5, 5.41) is 3.05. The number of rotatable bonds is 8. The Morgan fingerprint density at radius 1 is 1.21 bits per heavy atom. The molecule has 8 heteroatoms. The van der Waals surface area contributed by atoms with E-state index in [4.69, 9.17) is 4.74 Å². The van der Waals surface area contributed by atoms with Crippen LogP contribution in [0.25, 0.3) is 0 Å². The summed E-state index contributed by atoms with van der Waals surface area (Å²) in [4.78, 5) is 14.8. The molecule has 2 heterocycles. The van der Waals surface area contributed by atoms with Gasteiger partial charge in [-0.25, -0.2) is 12.7 Å². The fourth-order valence-electron chi connectivity index (χ4n) is 4.33. The minimum Gasteiger partial charge on any atom is -0.381 e. The van der Waals surface area contributed by atoms with Crippen LogP contribution in [0.3, 0.4) is 0 Å². The number of aryl methyl sites for hydroxylation is 1. The van der Waals surface area contributed by atoms with E-state index >= 15 is 0 Å². The minimum atomic E-state index is -3.16. The van der Waals surface area contributed by atoms with Gasteiger partial charge in [-0.3, -0.25) is 9.69 Å². The topological polar surface area (TPSA) is 79.0 Å². The number of nitrogens with one attached hydrogen (secondary N) is 1. The van der Waals surface area contributed by atoms with Crippen LogP contribution in [0, 0.1) is 6.92 Å². The highest BCUT2D eigenvalue weighted by molar-refractivity contribution is 7.88. The number of hydrogen-bond acceptors (Lipinski definition) is 5. The van der Waals surface area contributed by atoms with Crippen molar-refractivity contribution in [3.8, 4) is 0 Å². The van der Waals surface area contributed by atoms with Crippen molar-refractivity contribution in [3.63, 3.8) is 0 Å². The first-order valence-electron chi connectivity index (χ1n) is 10.4. The SMILES string of the molecule is Cc1ccccc1CC(=O)NCCN(C1CCOCC1)C1CCN(S(C)(=O)=O)C1. The molecule has 0 aliphatic carbocycles. The summed E-state index contributed by atoms with van der Waals surface area (Å²) in [7, 11) is -3.16. The summed E-state index contributed by atoms with van der Waals surface area (Å²) in [6.07, 6.45) is 4.40. The lowest BCUT2D eigenvalue weighted by Crippen LogP contribution is -2.50. The third-order valence-electron chi connectivity index (χ3n) is 6.03. The molecule has 1 N–H and O–H groups in total. The molecule has 0 spiro atoms. The largest absolute Gasteiger partial charge is 0.381 e. The Kier molecular flexibility index (Phi) is 7.67. The average molecular weight is 424 g/mol. The fourth-order valence-corrected chi connectivity index (χ4v) is 5.21. The lowest BCUT2D eigenvalue weighted by molar-refractivity contribution is -0.120. The molecule has 162 valence electrons. The van der Waals surface area contributed by atoms with Crippen molar-refractivity contribution in [2.75, 3.05) is 45.6 Å². The number of nitrogens with zero attached hydrogens (tertiary/aromatic N) is 2. The van der Waals surface area contributed by atoms with Gasteiger partial charge in [0.1, 0.15) is 0 Å². The molecule has 1 aromatic rings. The molecule has 1 atom stereocenters. The molecule has 1 unspecified atom stereocenters. The predicted octanol–water partition coefficient (Wildman–Crippen LogP) is 1.17. The number of sulfonamides is 1. The van der Waals surface area contributed by atoms with Crippen LogP contribution in [-0.4, -0.2) is 81.3 Å². The second kappa shape index (κ2) is 10.0. The highest BCUT2D eigenvalue weighted by Gasteiger charge is 2.35. The van der Waals surface area contributed by atoms with Crippen LogP contribution in [0.1, 0.15) is 30.4 Å². The molecule has 0 bridgehead atoms. The van der Waals surface area contributed by atoms with E-state index in [0.717, 1.165) is 50.1 Å². The fraction of sp³-hybridized carbons (Fsp3) is 0.667. The summed E-state index contributed by atoms with van der Waals surface area (Å²) in [5.41, 5.74) is 2.17. The maximum absolute atomic E-state index is 12.4. The van der Waals surface area contributed by atoms with Crippen LogP contribution in [0.15, 0.2) is 24.3 Å². The van der Waals surface area contributed by atoms with E-state index < -0.39 is 10.0 Å². The first-order chi connectivity index (χ1) is 13.8. The molecule has 1 amide bonds. The average Bonchev–Trinajstić information content (AvgIpc) is 3.18. The van der Waals surface area contributed by atoms with Crippen LogP contribution in [0.5, 0.6) is 0 Å². The Labute approximate surface area is 174 Å². The van der Waals surface area contributed by atoms with Crippen LogP contribution in [0.2, 0.25) is 0 Å². The Morgan fingerprint density at radius 2 is 1.93 bits per heavy atom. The van der Waals surface area contributed by atoms with Crippen molar-refractivity contribution < 1.29 is 17.9 Å². The summed E-state index contributed by atoms with van der Waals surface area (Å²) < 4.78 is 30.9. The number of benzene rings is 1. The van der Waals surface area contributed by atoms with E-state index in [1.165, 1.54) is 6.26 Å². The van der Waals surface area contributed by atoms with Crippen molar-refractivity contribution in [3.05, 3.63) is 35.4 Å². The highest BCUT2D eigenvalue weighted by atomic mass is 32.2.